The minimum Gasteiger partial charge on any atom is -0.468 e. The number of furan rings is 1. The zero-order valence-corrected chi connectivity index (χ0v) is 9.10. The topological polar surface area (TPSA) is 57.8 Å². The Morgan fingerprint density at radius 3 is 3.19 bits per heavy atom. The van der Waals surface area contributed by atoms with Gasteiger partial charge >= 0.3 is 0 Å². The number of hydrogen-bond acceptors (Lipinski definition) is 4. The lowest BCUT2D eigenvalue weighted by molar-refractivity contribution is 0.308. The molecule has 0 saturated heterocycles. The van der Waals surface area contributed by atoms with Crippen molar-refractivity contribution in [3.05, 3.63) is 24.2 Å². The van der Waals surface area contributed by atoms with Crippen molar-refractivity contribution in [3.63, 3.8) is 0 Å². The third-order valence-electron chi connectivity index (χ3n) is 3.87. The van der Waals surface area contributed by atoms with Gasteiger partial charge in [0.2, 0.25) is 0 Å². The number of oxime groups is 1. The highest BCUT2D eigenvalue weighted by atomic mass is 16.4. The van der Waals surface area contributed by atoms with Crippen molar-refractivity contribution in [2.75, 3.05) is 0 Å². The van der Waals surface area contributed by atoms with Crippen molar-refractivity contribution >= 4 is 5.71 Å². The predicted octanol–water partition coefficient (Wildman–Crippen LogP) is 2.00. The maximum atomic E-state index is 9.04. The Labute approximate surface area is 94.3 Å². The van der Waals surface area contributed by atoms with Gasteiger partial charge in [-0.15, -0.1) is 0 Å². The van der Waals surface area contributed by atoms with E-state index < -0.39 is 0 Å². The van der Waals surface area contributed by atoms with E-state index in [0.29, 0.717) is 18.4 Å². The van der Waals surface area contributed by atoms with E-state index in [4.69, 9.17) is 9.62 Å². The average Bonchev–Trinajstić information content (AvgIpc) is 3.01. The van der Waals surface area contributed by atoms with Gasteiger partial charge in [0.05, 0.1) is 24.6 Å². The second-order valence-electron chi connectivity index (χ2n) is 4.73. The Bertz CT molecular complexity index is 386. The molecule has 2 aliphatic rings. The van der Waals surface area contributed by atoms with Crippen LogP contribution in [-0.2, 0) is 6.54 Å². The first-order valence-corrected chi connectivity index (χ1v) is 5.86. The third kappa shape index (κ3) is 1.53. The van der Waals surface area contributed by atoms with Crippen LogP contribution in [0.2, 0.25) is 0 Å². The maximum absolute atomic E-state index is 9.04. The second kappa shape index (κ2) is 3.94. The lowest BCUT2D eigenvalue weighted by Crippen LogP contribution is -2.40. The summed E-state index contributed by atoms with van der Waals surface area (Å²) in [4.78, 5) is 0. The molecular formula is C12H16N2O2. The van der Waals surface area contributed by atoms with Crippen LogP contribution in [-0.4, -0.2) is 17.0 Å². The molecule has 2 fully saturated rings. The van der Waals surface area contributed by atoms with Crippen LogP contribution in [0.5, 0.6) is 0 Å². The van der Waals surface area contributed by atoms with E-state index in [2.05, 4.69) is 10.5 Å². The molecule has 1 aromatic rings. The lowest BCUT2D eigenvalue weighted by Gasteiger charge is -2.23. The maximum Gasteiger partial charge on any atom is 0.117 e. The van der Waals surface area contributed by atoms with Gasteiger partial charge < -0.3 is 14.9 Å². The van der Waals surface area contributed by atoms with Crippen molar-refractivity contribution in [1.29, 1.82) is 0 Å². The van der Waals surface area contributed by atoms with Crippen molar-refractivity contribution in [2.45, 2.75) is 31.8 Å². The molecule has 0 aliphatic heterocycles. The van der Waals surface area contributed by atoms with Gasteiger partial charge in [0.15, 0.2) is 0 Å². The quantitative estimate of drug-likeness (QED) is 0.605. The van der Waals surface area contributed by atoms with E-state index in [9.17, 15) is 0 Å². The first kappa shape index (κ1) is 9.90. The van der Waals surface area contributed by atoms with Crippen LogP contribution >= 0.6 is 0 Å². The summed E-state index contributed by atoms with van der Waals surface area (Å²) in [6.07, 6.45) is 5.29. The highest BCUT2D eigenvalue weighted by Crippen LogP contribution is 2.42. The first-order chi connectivity index (χ1) is 7.88. The van der Waals surface area contributed by atoms with Gasteiger partial charge in [-0.3, -0.25) is 0 Å². The van der Waals surface area contributed by atoms with E-state index in [-0.39, 0.29) is 6.04 Å². The van der Waals surface area contributed by atoms with Crippen LogP contribution in [0.25, 0.3) is 0 Å². The molecule has 2 saturated carbocycles. The molecule has 4 heteroatoms. The molecule has 3 unspecified atom stereocenters. The Balaban J connectivity index is 1.66. The molecule has 0 spiro atoms. The summed E-state index contributed by atoms with van der Waals surface area (Å²) in [5.74, 6) is 2.08. The summed E-state index contributed by atoms with van der Waals surface area (Å²) in [6, 6.07) is 4.09. The number of fused-ring (bicyclic) bond motifs is 2. The van der Waals surface area contributed by atoms with Crippen molar-refractivity contribution in [3.8, 4) is 0 Å². The van der Waals surface area contributed by atoms with Crippen LogP contribution in [0.15, 0.2) is 28.0 Å². The fraction of sp³-hybridized carbons (Fsp3) is 0.583. The molecule has 2 aliphatic carbocycles. The van der Waals surface area contributed by atoms with Crippen LogP contribution in [0, 0.1) is 11.8 Å². The van der Waals surface area contributed by atoms with Crippen LogP contribution in [0.1, 0.15) is 25.0 Å². The van der Waals surface area contributed by atoms with E-state index in [0.717, 1.165) is 11.5 Å². The summed E-state index contributed by atoms with van der Waals surface area (Å²) < 4.78 is 5.28. The molecule has 0 aromatic carbocycles. The Morgan fingerprint density at radius 1 is 1.50 bits per heavy atom. The Kier molecular flexibility index (Phi) is 2.44. The standard InChI is InChI=1S/C12H16N2O2/c15-14-12-9-4-3-8(6-9)11(12)13-7-10-2-1-5-16-10/h1-2,5,8-9,11,13,15H,3-4,6-7H2. The summed E-state index contributed by atoms with van der Waals surface area (Å²) in [5, 5.41) is 15.9. The van der Waals surface area contributed by atoms with Gasteiger partial charge in [-0.05, 0) is 37.3 Å². The molecule has 16 heavy (non-hydrogen) atoms. The SMILES string of the molecule is ON=C1C2CCC(C2)C1NCc1ccco1. The summed E-state index contributed by atoms with van der Waals surface area (Å²) in [6.45, 7) is 0.708. The van der Waals surface area contributed by atoms with E-state index in [1.807, 2.05) is 12.1 Å². The number of nitrogens with zero attached hydrogens (tertiary/aromatic N) is 1. The summed E-state index contributed by atoms with van der Waals surface area (Å²) in [7, 11) is 0. The average molecular weight is 220 g/mol. The highest BCUT2D eigenvalue weighted by Gasteiger charge is 2.45. The van der Waals surface area contributed by atoms with Crippen LogP contribution in [0.3, 0.4) is 0 Å². The van der Waals surface area contributed by atoms with E-state index >= 15 is 0 Å². The minimum absolute atomic E-state index is 0.244. The van der Waals surface area contributed by atoms with Crippen LogP contribution < -0.4 is 5.32 Å². The lowest BCUT2D eigenvalue weighted by atomic mass is 9.93. The number of rotatable bonds is 3. The van der Waals surface area contributed by atoms with E-state index in [1.54, 1.807) is 6.26 Å². The van der Waals surface area contributed by atoms with Gasteiger partial charge in [0.25, 0.3) is 0 Å². The fourth-order valence-corrected chi connectivity index (χ4v) is 3.12. The van der Waals surface area contributed by atoms with Gasteiger partial charge in [-0.25, -0.2) is 0 Å². The first-order valence-electron chi connectivity index (χ1n) is 5.86. The molecule has 3 atom stereocenters. The fourth-order valence-electron chi connectivity index (χ4n) is 3.12. The Hall–Kier alpha value is -1.29. The largest absolute Gasteiger partial charge is 0.468 e. The summed E-state index contributed by atoms with van der Waals surface area (Å²) >= 11 is 0. The molecule has 0 radical (unpaired) electrons. The number of nitrogens with one attached hydrogen (secondary N) is 1. The summed E-state index contributed by atoms with van der Waals surface area (Å²) in [5.41, 5.74) is 0.947. The zero-order chi connectivity index (χ0) is 11.0. The Morgan fingerprint density at radius 2 is 2.44 bits per heavy atom. The smallest absolute Gasteiger partial charge is 0.117 e. The number of hydrogen-bond donors (Lipinski definition) is 2. The molecule has 1 aromatic heterocycles. The molecular weight excluding hydrogens is 204 g/mol. The molecule has 2 bridgehead atoms. The van der Waals surface area contributed by atoms with Gasteiger partial charge in [-0.1, -0.05) is 5.16 Å². The predicted molar refractivity (Wildman–Crippen MR) is 59.4 cm³/mol. The van der Waals surface area contributed by atoms with Gasteiger partial charge in [0.1, 0.15) is 5.76 Å². The zero-order valence-electron chi connectivity index (χ0n) is 9.10. The molecule has 86 valence electrons. The van der Waals surface area contributed by atoms with Crippen molar-refractivity contribution < 1.29 is 9.62 Å². The molecule has 0 amide bonds. The molecule has 3 rings (SSSR count). The minimum atomic E-state index is 0.244. The van der Waals surface area contributed by atoms with Gasteiger partial charge in [-0.2, -0.15) is 0 Å². The molecule has 1 heterocycles. The highest BCUT2D eigenvalue weighted by molar-refractivity contribution is 5.94. The van der Waals surface area contributed by atoms with Gasteiger partial charge in [0, 0.05) is 5.92 Å². The normalized spacial score (nSPS) is 35.0. The van der Waals surface area contributed by atoms with Crippen molar-refractivity contribution in [1.82, 2.24) is 5.32 Å². The van der Waals surface area contributed by atoms with Crippen molar-refractivity contribution in [2.24, 2.45) is 17.0 Å². The second-order valence-corrected chi connectivity index (χ2v) is 4.73. The third-order valence-corrected chi connectivity index (χ3v) is 3.87. The van der Waals surface area contributed by atoms with Crippen LogP contribution in [0.4, 0.5) is 0 Å². The molecule has 4 nitrogen and oxygen atoms in total. The monoisotopic (exact) mass is 220 g/mol. The molecule has 2 N–H and O–H groups in total. The van der Waals surface area contributed by atoms with E-state index in [1.165, 1.54) is 19.3 Å².